The van der Waals surface area contributed by atoms with Gasteiger partial charge in [-0.15, -0.1) is 0 Å². The van der Waals surface area contributed by atoms with Crippen LogP contribution in [0.4, 0.5) is 0 Å². The van der Waals surface area contributed by atoms with E-state index >= 15 is 0 Å². The van der Waals surface area contributed by atoms with Gasteiger partial charge >= 0.3 is 5.97 Å². The summed E-state index contributed by atoms with van der Waals surface area (Å²) in [5.74, 6) is 0.320. The van der Waals surface area contributed by atoms with Crippen LogP contribution in [0, 0.1) is 6.92 Å². The Morgan fingerprint density at radius 1 is 1.21 bits per heavy atom. The summed E-state index contributed by atoms with van der Waals surface area (Å²) in [6, 6.07) is 11.6. The molecule has 0 fully saturated rings. The van der Waals surface area contributed by atoms with Crippen molar-refractivity contribution < 1.29 is 14.3 Å². The summed E-state index contributed by atoms with van der Waals surface area (Å²) in [7, 11) is 1.60. The van der Waals surface area contributed by atoms with Gasteiger partial charge in [0.25, 0.3) is 0 Å². The van der Waals surface area contributed by atoms with Crippen LogP contribution in [0.25, 0.3) is 5.65 Å². The number of methoxy groups -OCH3 is 1. The number of hydrogen-bond acceptors (Lipinski definition) is 4. The van der Waals surface area contributed by atoms with E-state index in [4.69, 9.17) is 9.47 Å². The van der Waals surface area contributed by atoms with Crippen molar-refractivity contribution in [2.75, 3.05) is 7.11 Å². The second-order valence-electron chi connectivity index (χ2n) is 5.54. The number of fused-ring (bicyclic) bond motifs is 1. The fourth-order valence-corrected chi connectivity index (χ4v) is 2.77. The first-order valence-electron chi connectivity index (χ1n) is 7.90. The van der Waals surface area contributed by atoms with Crippen molar-refractivity contribution in [1.82, 2.24) is 9.38 Å². The van der Waals surface area contributed by atoms with Gasteiger partial charge in [-0.2, -0.15) is 0 Å². The number of carbonyl (C=O) groups excluding carboxylic acids is 1. The molecule has 0 amide bonds. The summed E-state index contributed by atoms with van der Waals surface area (Å²) in [6.45, 7) is 4.14. The zero-order chi connectivity index (χ0) is 17.1. The van der Waals surface area contributed by atoms with Crippen molar-refractivity contribution >= 4 is 11.6 Å². The summed E-state index contributed by atoms with van der Waals surface area (Å²) in [6.07, 6.45) is 2.67. The average molecular weight is 324 g/mol. The van der Waals surface area contributed by atoms with Gasteiger partial charge in [0.2, 0.25) is 0 Å². The van der Waals surface area contributed by atoms with Gasteiger partial charge < -0.3 is 9.47 Å². The zero-order valence-electron chi connectivity index (χ0n) is 14.1. The second kappa shape index (κ2) is 6.74. The topological polar surface area (TPSA) is 52.8 Å². The lowest BCUT2D eigenvalue weighted by molar-refractivity contribution is 0.0462. The van der Waals surface area contributed by atoms with Gasteiger partial charge in [0.15, 0.2) is 5.69 Å². The normalized spacial score (nSPS) is 10.8. The molecule has 0 atom stereocenters. The largest absolute Gasteiger partial charge is 0.497 e. The smallest absolute Gasteiger partial charge is 0.357 e. The van der Waals surface area contributed by atoms with Crippen LogP contribution in [0.3, 0.4) is 0 Å². The van der Waals surface area contributed by atoms with E-state index in [0.717, 1.165) is 12.0 Å². The lowest BCUT2D eigenvalue weighted by atomic mass is 10.1. The molecule has 3 rings (SSSR count). The molecule has 0 bridgehead atoms. The van der Waals surface area contributed by atoms with Gasteiger partial charge in [0.1, 0.15) is 18.0 Å². The summed E-state index contributed by atoms with van der Waals surface area (Å²) in [5.41, 5.74) is 3.96. The van der Waals surface area contributed by atoms with Crippen molar-refractivity contribution in [3.8, 4) is 5.75 Å². The number of benzene rings is 1. The number of imidazole rings is 1. The molecule has 3 aromatic rings. The first-order chi connectivity index (χ1) is 11.6. The molecule has 0 aliphatic heterocycles. The van der Waals surface area contributed by atoms with Gasteiger partial charge in [-0.3, -0.25) is 4.40 Å². The van der Waals surface area contributed by atoms with Crippen molar-refractivity contribution in [3.05, 3.63) is 65.1 Å². The highest BCUT2D eigenvalue weighted by Crippen LogP contribution is 2.19. The Hall–Kier alpha value is -2.82. The van der Waals surface area contributed by atoms with Crippen LogP contribution in [0.5, 0.6) is 5.75 Å². The number of ether oxygens (including phenoxy) is 2. The molecular weight excluding hydrogens is 304 g/mol. The fraction of sp³-hybridized carbons (Fsp3) is 0.263. The number of carbonyl (C=O) groups is 1. The molecule has 2 heterocycles. The Kier molecular flexibility index (Phi) is 4.51. The van der Waals surface area contributed by atoms with E-state index in [1.165, 1.54) is 5.56 Å². The SMILES string of the molecule is CCc1ccccc1COC(=O)c1c(C)nc2cc(OC)ccn12. The van der Waals surface area contributed by atoms with E-state index in [2.05, 4.69) is 18.0 Å². The first kappa shape index (κ1) is 16.1. The number of aromatic nitrogens is 2. The number of hydrogen-bond donors (Lipinski definition) is 0. The first-order valence-corrected chi connectivity index (χ1v) is 7.90. The Morgan fingerprint density at radius 2 is 1.96 bits per heavy atom. The van der Waals surface area contributed by atoms with Crippen molar-refractivity contribution in [2.24, 2.45) is 0 Å². The summed E-state index contributed by atoms with van der Waals surface area (Å²) >= 11 is 0. The number of esters is 1. The van der Waals surface area contributed by atoms with Gasteiger partial charge in [0.05, 0.1) is 12.8 Å². The molecule has 0 aliphatic rings. The van der Waals surface area contributed by atoms with Crippen LogP contribution in [0.2, 0.25) is 0 Å². The molecule has 2 aromatic heterocycles. The van der Waals surface area contributed by atoms with E-state index < -0.39 is 0 Å². The molecule has 5 heteroatoms. The molecule has 1 aromatic carbocycles. The van der Waals surface area contributed by atoms with Crippen LogP contribution in [-0.2, 0) is 17.8 Å². The minimum absolute atomic E-state index is 0.256. The van der Waals surface area contributed by atoms with Gasteiger partial charge in [0, 0.05) is 12.3 Å². The molecular formula is C19H20N2O3. The Balaban J connectivity index is 1.85. The van der Waals surface area contributed by atoms with E-state index in [-0.39, 0.29) is 12.6 Å². The third-order valence-corrected chi connectivity index (χ3v) is 4.06. The highest BCUT2D eigenvalue weighted by Gasteiger charge is 2.18. The average Bonchev–Trinajstić information content (AvgIpc) is 2.94. The molecule has 0 N–H and O–H groups in total. The highest BCUT2D eigenvalue weighted by molar-refractivity contribution is 5.90. The maximum Gasteiger partial charge on any atom is 0.357 e. The van der Waals surface area contributed by atoms with E-state index in [9.17, 15) is 4.79 Å². The van der Waals surface area contributed by atoms with E-state index in [0.29, 0.717) is 22.8 Å². The third-order valence-electron chi connectivity index (χ3n) is 4.06. The Morgan fingerprint density at radius 3 is 2.67 bits per heavy atom. The van der Waals surface area contributed by atoms with Crippen molar-refractivity contribution in [3.63, 3.8) is 0 Å². The van der Waals surface area contributed by atoms with Gasteiger partial charge in [-0.1, -0.05) is 31.2 Å². The monoisotopic (exact) mass is 324 g/mol. The molecule has 0 saturated heterocycles. The lowest BCUT2D eigenvalue weighted by Crippen LogP contribution is -2.10. The minimum Gasteiger partial charge on any atom is -0.497 e. The van der Waals surface area contributed by atoms with E-state index in [1.807, 2.05) is 18.2 Å². The van der Waals surface area contributed by atoms with E-state index in [1.54, 1.807) is 36.8 Å². The fourth-order valence-electron chi connectivity index (χ4n) is 2.77. The number of rotatable bonds is 5. The zero-order valence-corrected chi connectivity index (χ0v) is 14.1. The molecule has 24 heavy (non-hydrogen) atoms. The van der Waals surface area contributed by atoms with Crippen molar-refractivity contribution in [2.45, 2.75) is 26.9 Å². The third kappa shape index (κ3) is 2.97. The minimum atomic E-state index is -0.379. The molecule has 5 nitrogen and oxygen atoms in total. The molecule has 124 valence electrons. The predicted molar refractivity (Wildman–Crippen MR) is 91.4 cm³/mol. The molecule has 0 radical (unpaired) electrons. The number of aryl methyl sites for hydroxylation is 2. The molecule has 0 spiro atoms. The second-order valence-corrected chi connectivity index (χ2v) is 5.54. The Labute approximate surface area is 140 Å². The van der Waals surface area contributed by atoms with Crippen molar-refractivity contribution in [1.29, 1.82) is 0 Å². The highest BCUT2D eigenvalue weighted by atomic mass is 16.5. The van der Waals surface area contributed by atoms with Crippen LogP contribution >= 0.6 is 0 Å². The quantitative estimate of drug-likeness (QED) is 0.673. The molecule has 0 saturated carbocycles. The maximum absolute atomic E-state index is 12.6. The predicted octanol–water partition coefficient (Wildman–Crippen LogP) is 3.57. The summed E-state index contributed by atoms with van der Waals surface area (Å²) in [4.78, 5) is 17.0. The number of nitrogens with zero attached hydrogens (tertiary/aromatic N) is 2. The number of pyridine rings is 1. The summed E-state index contributed by atoms with van der Waals surface area (Å²) in [5, 5.41) is 0. The van der Waals surface area contributed by atoms with Crippen LogP contribution < -0.4 is 4.74 Å². The van der Waals surface area contributed by atoms with Gasteiger partial charge in [-0.25, -0.2) is 9.78 Å². The summed E-state index contributed by atoms with van der Waals surface area (Å²) < 4.78 is 12.5. The van der Waals surface area contributed by atoms with Crippen LogP contribution in [-0.4, -0.2) is 22.5 Å². The maximum atomic E-state index is 12.6. The molecule has 0 aliphatic carbocycles. The van der Waals surface area contributed by atoms with Crippen LogP contribution in [0.15, 0.2) is 42.6 Å². The van der Waals surface area contributed by atoms with Crippen LogP contribution in [0.1, 0.15) is 34.2 Å². The lowest BCUT2D eigenvalue weighted by Gasteiger charge is -2.09. The Bertz CT molecular complexity index is 883. The standard InChI is InChI=1S/C19H20N2O3/c1-4-14-7-5-6-8-15(14)12-24-19(22)18-13(2)20-17-11-16(23-3)9-10-21(17)18/h5-11H,4,12H2,1-3H3. The van der Waals surface area contributed by atoms with Gasteiger partial charge in [-0.05, 0) is 30.5 Å². The molecule has 0 unspecified atom stereocenters.